The van der Waals surface area contributed by atoms with E-state index in [4.69, 9.17) is 0 Å². The third-order valence-electron chi connectivity index (χ3n) is 3.17. The summed E-state index contributed by atoms with van der Waals surface area (Å²) < 4.78 is 41.6. The number of nitrogens with one attached hydrogen (secondary N) is 2. The van der Waals surface area contributed by atoms with Gasteiger partial charge in [0.25, 0.3) is 0 Å². The van der Waals surface area contributed by atoms with Crippen LogP contribution in [-0.2, 0) is 9.53 Å². The minimum atomic E-state index is -4.17. The summed E-state index contributed by atoms with van der Waals surface area (Å²) in [5, 5.41) is 6.11. The maximum atomic E-state index is 12.4. The van der Waals surface area contributed by atoms with Crippen LogP contribution in [0.15, 0.2) is 4.99 Å². The van der Waals surface area contributed by atoms with Gasteiger partial charge in [0.15, 0.2) is 5.96 Å². The Morgan fingerprint density at radius 1 is 1.43 bits per heavy atom. The monoisotopic (exact) mass is 452 g/mol. The fourth-order valence-corrected chi connectivity index (χ4v) is 2.22. The Balaban J connectivity index is 0.00000484. The summed E-state index contributed by atoms with van der Waals surface area (Å²) in [5.41, 5.74) is 0. The second kappa shape index (κ2) is 10.9. The number of ether oxygens (including phenoxy) is 1. The van der Waals surface area contributed by atoms with Crippen molar-refractivity contribution in [2.45, 2.75) is 32.0 Å². The number of esters is 1. The van der Waals surface area contributed by atoms with Crippen molar-refractivity contribution in [3.8, 4) is 0 Å². The number of guanidine groups is 1. The SMILES string of the molecule is CCNC(=NCCC(=O)OC)NC1CCN(CC(F)(F)F)C1.I. The van der Waals surface area contributed by atoms with Gasteiger partial charge in [-0.15, -0.1) is 24.0 Å². The minimum Gasteiger partial charge on any atom is -0.469 e. The van der Waals surface area contributed by atoms with Gasteiger partial charge in [-0.3, -0.25) is 14.7 Å². The summed E-state index contributed by atoms with van der Waals surface area (Å²) in [7, 11) is 1.31. The molecule has 0 aliphatic carbocycles. The zero-order chi connectivity index (χ0) is 16.6. The van der Waals surface area contributed by atoms with E-state index in [1.54, 1.807) is 0 Å². The van der Waals surface area contributed by atoms with Crippen molar-refractivity contribution in [2.24, 2.45) is 4.99 Å². The summed E-state index contributed by atoms with van der Waals surface area (Å²) in [5.74, 6) is 0.155. The molecule has 2 N–H and O–H groups in total. The van der Waals surface area contributed by atoms with Gasteiger partial charge in [-0.25, -0.2) is 0 Å². The first-order valence-electron chi connectivity index (χ1n) is 7.24. The van der Waals surface area contributed by atoms with Crippen LogP contribution in [0.2, 0.25) is 0 Å². The molecule has 6 nitrogen and oxygen atoms in total. The highest BCUT2D eigenvalue weighted by Gasteiger charge is 2.34. The van der Waals surface area contributed by atoms with Crippen molar-refractivity contribution in [1.29, 1.82) is 0 Å². The normalized spacial score (nSPS) is 19.2. The molecule has 1 rings (SSSR count). The Morgan fingerprint density at radius 2 is 2.13 bits per heavy atom. The Kier molecular flexibility index (Phi) is 10.5. The number of methoxy groups -OCH3 is 1. The van der Waals surface area contributed by atoms with E-state index >= 15 is 0 Å². The molecule has 0 amide bonds. The van der Waals surface area contributed by atoms with E-state index in [1.165, 1.54) is 12.0 Å². The van der Waals surface area contributed by atoms with Gasteiger partial charge in [0, 0.05) is 25.7 Å². The predicted octanol–water partition coefficient (Wildman–Crippen LogP) is 1.36. The zero-order valence-electron chi connectivity index (χ0n) is 13.3. The topological polar surface area (TPSA) is 66.0 Å². The number of alkyl halides is 3. The predicted molar refractivity (Wildman–Crippen MR) is 92.1 cm³/mol. The van der Waals surface area contributed by atoms with Gasteiger partial charge in [0.05, 0.1) is 26.6 Å². The highest BCUT2D eigenvalue weighted by atomic mass is 127. The van der Waals surface area contributed by atoms with Crippen LogP contribution in [0.3, 0.4) is 0 Å². The lowest BCUT2D eigenvalue weighted by Gasteiger charge is -2.19. The molecular formula is C13H24F3IN4O2. The van der Waals surface area contributed by atoms with Crippen LogP contribution in [0.4, 0.5) is 13.2 Å². The molecule has 0 spiro atoms. The van der Waals surface area contributed by atoms with Crippen LogP contribution in [0, 0.1) is 0 Å². The molecule has 1 aliphatic rings. The van der Waals surface area contributed by atoms with E-state index in [0.29, 0.717) is 32.0 Å². The summed E-state index contributed by atoms with van der Waals surface area (Å²) in [6.45, 7) is 2.62. The van der Waals surface area contributed by atoms with Crippen molar-refractivity contribution < 1.29 is 22.7 Å². The zero-order valence-corrected chi connectivity index (χ0v) is 15.6. The second-order valence-corrected chi connectivity index (χ2v) is 5.07. The lowest BCUT2D eigenvalue weighted by atomic mass is 10.3. The summed E-state index contributed by atoms with van der Waals surface area (Å²) >= 11 is 0. The lowest BCUT2D eigenvalue weighted by Crippen LogP contribution is -2.45. The van der Waals surface area contributed by atoms with Gasteiger partial charge < -0.3 is 15.4 Å². The fraction of sp³-hybridized carbons (Fsp3) is 0.846. The Morgan fingerprint density at radius 3 is 2.70 bits per heavy atom. The van der Waals surface area contributed by atoms with E-state index in [2.05, 4.69) is 20.4 Å². The van der Waals surface area contributed by atoms with Crippen LogP contribution >= 0.6 is 24.0 Å². The van der Waals surface area contributed by atoms with Crippen molar-refractivity contribution in [3.05, 3.63) is 0 Å². The molecule has 1 atom stereocenters. The molecule has 0 aromatic carbocycles. The molecular weight excluding hydrogens is 428 g/mol. The number of hydrogen-bond acceptors (Lipinski definition) is 4. The number of halogens is 4. The molecule has 10 heteroatoms. The highest BCUT2D eigenvalue weighted by Crippen LogP contribution is 2.19. The quantitative estimate of drug-likeness (QED) is 0.276. The highest BCUT2D eigenvalue weighted by molar-refractivity contribution is 14.0. The van der Waals surface area contributed by atoms with Crippen LogP contribution in [0.5, 0.6) is 0 Å². The van der Waals surface area contributed by atoms with Gasteiger partial charge in [-0.2, -0.15) is 13.2 Å². The number of carbonyl (C=O) groups is 1. The van der Waals surface area contributed by atoms with Crippen molar-refractivity contribution >= 4 is 35.9 Å². The average molecular weight is 452 g/mol. The molecule has 1 saturated heterocycles. The largest absolute Gasteiger partial charge is 0.469 e. The van der Waals surface area contributed by atoms with E-state index < -0.39 is 12.7 Å². The van der Waals surface area contributed by atoms with Gasteiger partial charge in [0.2, 0.25) is 0 Å². The van der Waals surface area contributed by atoms with Gasteiger partial charge in [0.1, 0.15) is 0 Å². The number of likely N-dealkylation sites (tertiary alicyclic amines) is 1. The molecule has 0 radical (unpaired) electrons. The summed E-state index contributed by atoms with van der Waals surface area (Å²) in [6, 6.07) is -0.0849. The average Bonchev–Trinajstić information content (AvgIpc) is 2.83. The van der Waals surface area contributed by atoms with Crippen molar-refractivity contribution in [2.75, 3.05) is 39.8 Å². The number of aliphatic imine (C=N–C) groups is 1. The standard InChI is InChI=1S/C13H23F3N4O2.HI/c1-3-17-12(18-6-4-11(21)22-2)19-10-5-7-20(8-10)9-13(14,15)16;/h10H,3-9H2,1-2H3,(H2,17,18,19);1H. The van der Waals surface area contributed by atoms with E-state index in [0.717, 1.165) is 0 Å². The summed E-state index contributed by atoms with van der Waals surface area (Å²) in [4.78, 5) is 16.6. The van der Waals surface area contributed by atoms with E-state index in [9.17, 15) is 18.0 Å². The molecule has 0 aromatic rings. The molecule has 1 aliphatic heterocycles. The first-order chi connectivity index (χ1) is 10.3. The number of rotatable bonds is 6. The lowest BCUT2D eigenvalue weighted by molar-refractivity contribution is -0.143. The molecule has 0 aromatic heterocycles. The third-order valence-corrected chi connectivity index (χ3v) is 3.17. The first-order valence-corrected chi connectivity index (χ1v) is 7.24. The van der Waals surface area contributed by atoms with Gasteiger partial charge in [-0.05, 0) is 13.3 Å². The van der Waals surface area contributed by atoms with E-state index in [-0.39, 0.29) is 49.0 Å². The maximum Gasteiger partial charge on any atom is 0.401 e. The van der Waals surface area contributed by atoms with Crippen molar-refractivity contribution in [3.63, 3.8) is 0 Å². The smallest absolute Gasteiger partial charge is 0.401 e. The molecule has 0 bridgehead atoms. The van der Waals surface area contributed by atoms with E-state index in [1.807, 2.05) is 6.92 Å². The fourth-order valence-electron chi connectivity index (χ4n) is 2.22. The molecule has 23 heavy (non-hydrogen) atoms. The molecule has 0 saturated carbocycles. The minimum absolute atomic E-state index is 0. The van der Waals surface area contributed by atoms with Crippen LogP contribution in [0.1, 0.15) is 19.8 Å². The Hall–Kier alpha value is -0.780. The molecule has 136 valence electrons. The van der Waals surface area contributed by atoms with Gasteiger partial charge >= 0.3 is 12.1 Å². The van der Waals surface area contributed by atoms with Crippen LogP contribution in [-0.4, -0.2) is 68.9 Å². The molecule has 1 unspecified atom stereocenters. The third kappa shape index (κ3) is 9.84. The molecule has 1 fully saturated rings. The Labute approximate surface area is 151 Å². The number of nitrogens with zero attached hydrogens (tertiary/aromatic N) is 2. The second-order valence-electron chi connectivity index (χ2n) is 5.07. The molecule has 1 heterocycles. The summed E-state index contributed by atoms with van der Waals surface area (Å²) in [6.07, 6.45) is -3.39. The van der Waals surface area contributed by atoms with Crippen molar-refractivity contribution in [1.82, 2.24) is 15.5 Å². The first kappa shape index (κ1) is 22.2. The Bertz CT molecular complexity index is 394. The number of hydrogen-bond donors (Lipinski definition) is 2. The van der Waals surface area contributed by atoms with Crippen LogP contribution < -0.4 is 10.6 Å². The van der Waals surface area contributed by atoms with Gasteiger partial charge in [-0.1, -0.05) is 0 Å². The number of carbonyl (C=O) groups excluding carboxylic acids is 1. The maximum absolute atomic E-state index is 12.4. The van der Waals surface area contributed by atoms with Crippen LogP contribution in [0.25, 0.3) is 0 Å².